The van der Waals surface area contributed by atoms with Crippen molar-refractivity contribution in [2.24, 2.45) is 0 Å². The third kappa shape index (κ3) is 4.63. The van der Waals surface area contributed by atoms with E-state index in [0.29, 0.717) is 16.9 Å². The minimum atomic E-state index is -4.83. The van der Waals surface area contributed by atoms with Crippen molar-refractivity contribution in [3.05, 3.63) is 92.7 Å². The van der Waals surface area contributed by atoms with Crippen LogP contribution in [-0.4, -0.2) is 25.5 Å². The molecule has 0 aliphatic rings. The lowest BCUT2D eigenvalue weighted by Gasteiger charge is -2.16. The number of halogens is 3. The standard InChI is InChI=1S/C22H17F3N4O3S/c1-13-3-5-14(6-4-13)17-11-19(30)28(12-18-26-20(32-27-18)22(23,24)25)21(31)29(17)15-7-9-16(33-2)10-8-15/h3-11H,12H2,1-2H3. The van der Waals surface area contributed by atoms with E-state index < -0.39 is 35.7 Å². The molecule has 0 saturated carbocycles. The summed E-state index contributed by atoms with van der Waals surface area (Å²) in [5.74, 6) is -1.98. The molecule has 2 aromatic carbocycles. The molecule has 0 radical (unpaired) electrons. The Labute approximate surface area is 189 Å². The quantitative estimate of drug-likeness (QED) is 0.404. The fourth-order valence-electron chi connectivity index (χ4n) is 3.22. The molecular weight excluding hydrogens is 457 g/mol. The topological polar surface area (TPSA) is 82.9 Å². The van der Waals surface area contributed by atoms with Gasteiger partial charge in [0.1, 0.15) is 0 Å². The predicted molar refractivity (Wildman–Crippen MR) is 117 cm³/mol. The van der Waals surface area contributed by atoms with Crippen LogP contribution in [0.1, 0.15) is 17.3 Å². The molecule has 0 amide bonds. The molecule has 0 fully saturated rings. The van der Waals surface area contributed by atoms with Crippen LogP contribution in [0.4, 0.5) is 13.2 Å². The number of aromatic nitrogens is 4. The molecule has 11 heteroatoms. The van der Waals surface area contributed by atoms with Crippen molar-refractivity contribution >= 4 is 11.8 Å². The highest BCUT2D eigenvalue weighted by Gasteiger charge is 2.38. The minimum absolute atomic E-state index is 0.349. The van der Waals surface area contributed by atoms with Crippen molar-refractivity contribution in [3.63, 3.8) is 0 Å². The van der Waals surface area contributed by atoms with Gasteiger partial charge in [0.05, 0.1) is 17.9 Å². The maximum absolute atomic E-state index is 13.4. The maximum Gasteiger partial charge on any atom is 0.471 e. The summed E-state index contributed by atoms with van der Waals surface area (Å²) in [5, 5.41) is 3.26. The molecule has 33 heavy (non-hydrogen) atoms. The van der Waals surface area contributed by atoms with Crippen LogP contribution in [0.2, 0.25) is 0 Å². The molecule has 2 aromatic heterocycles. The summed E-state index contributed by atoms with van der Waals surface area (Å²) in [6.07, 6.45) is -2.91. The Bertz CT molecular complexity index is 1410. The lowest BCUT2D eigenvalue weighted by Crippen LogP contribution is -2.40. The van der Waals surface area contributed by atoms with Gasteiger partial charge in [-0.1, -0.05) is 35.0 Å². The summed E-state index contributed by atoms with van der Waals surface area (Å²) in [6, 6.07) is 15.7. The van der Waals surface area contributed by atoms with Gasteiger partial charge in [-0.15, -0.1) is 11.8 Å². The number of rotatable bonds is 5. The van der Waals surface area contributed by atoms with Gasteiger partial charge in [0.2, 0.25) is 0 Å². The van der Waals surface area contributed by atoms with Gasteiger partial charge in [-0.2, -0.15) is 18.2 Å². The van der Waals surface area contributed by atoms with Crippen LogP contribution in [0.5, 0.6) is 0 Å². The monoisotopic (exact) mass is 474 g/mol. The Hall–Kier alpha value is -3.60. The van der Waals surface area contributed by atoms with E-state index in [1.165, 1.54) is 22.4 Å². The molecule has 170 valence electrons. The van der Waals surface area contributed by atoms with Gasteiger partial charge < -0.3 is 4.52 Å². The maximum atomic E-state index is 13.4. The summed E-state index contributed by atoms with van der Waals surface area (Å²) in [6.45, 7) is 1.34. The number of hydrogen-bond acceptors (Lipinski definition) is 6. The van der Waals surface area contributed by atoms with Gasteiger partial charge >= 0.3 is 17.8 Å². The zero-order chi connectivity index (χ0) is 23.8. The Kier molecular flexibility index (Phi) is 5.98. The van der Waals surface area contributed by atoms with Crippen LogP contribution in [-0.2, 0) is 12.7 Å². The largest absolute Gasteiger partial charge is 0.471 e. The molecule has 4 rings (SSSR count). The highest BCUT2D eigenvalue weighted by molar-refractivity contribution is 7.98. The Morgan fingerprint density at radius 3 is 2.27 bits per heavy atom. The number of nitrogens with zero attached hydrogens (tertiary/aromatic N) is 4. The normalized spacial score (nSPS) is 11.7. The molecule has 4 aromatic rings. The molecule has 0 unspecified atom stereocenters. The summed E-state index contributed by atoms with van der Waals surface area (Å²) in [7, 11) is 0. The molecule has 0 atom stereocenters. The first-order valence-corrected chi connectivity index (χ1v) is 10.9. The van der Waals surface area contributed by atoms with E-state index in [2.05, 4.69) is 14.7 Å². The molecule has 0 aliphatic carbocycles. The van der Waals surface area contributed by atoms with E-state index in [1.54, 1.807) is 24.3 Å². The van der Waals surface area contributed by atoms with Crippen LogP contribution in [0.3, 0.4) is 0 Å². The van der Waals surface area contributed by atoms with Crippen molar-refractivity contribution in [3.8, 4) is 16.9 Å². The molecule has 0 N–H and O–H groups in total. The van der Waals surface area contributed by atoms with Gasteiger partial charge in [0.25, 0.3) is 5.56 Å². The summed E-state index contributed by atoms with van der Waals surface area (Å²) in [4.78, 5) is 30.5. The van der Waals surface area contributed by atoms with E-state index in [4.69, 9.17) is 0 Å². The lowest BCUT2D eigenvalue weighted by atomic mass is 10.1. The first-order valence-electron chi connectivity index (χ1n) is 9.65. The minimum Gasteiger partial charge on any atom is -0.329 e. The SMILES string of the molecule is CSc1ccc(-n2c(-c3ccc(C)cc3)cc(=O)n(Cc3noc(C(F)(F)F)n3)c2=O)cc1. The first kappa shape index (κ1) is 22.6. The number of thioether (sulfide) groups is 1. The van der Waals surface area contributed by atoms with Crippen molar-refractivity contribution < 1.29 is 17.7 Å². The lowest BCUT2D eigenvalue weighted by molar-refractivity contribution is -0.159. The average Bonchev–Trinajstić information content (AvgIpc) is 3.26. The van der Waals surface area contributed by atoms with E-state index in [-0.39, 0.29) is 0 Å². The Balaban J connectivity index is 1.89. The highest BCUT2D eigenvalue weighted by Crippen LogP contribution is 2.27. The fourth-order valence-corrected chi connectivity index (χ4v) is 3.62. The number of alkyl halides is 3. The Morgan fingerprint density at radius 1 is 1.03 bits per heavy atom. The van der Waals surface area contributed by atoms with Crippen molar-refractivity contribution in [1.82, 2.24) is 19.3 Å². The van der Waals surface area contributed by atoms with Gasteiger partial charge in [-0.25, -0.2) is 4.79 Å². The van der Waals surface area contributed by atoms with Crippen LogP contribution < -0.4 is 11.2 Å². The predicted octanol–water partition coefficient (Wildman–Crippen LogP) is 4.15. The number of benzene rings is 2. The third-order valence-electron chi connectivity index (χ3n) is 4.88. The van der Waals surface area contributed by atoms with Crippen LogP contribution in [0.25, 0.3) is 16.9 Å². The van der Waals surface area contributed by atoms with E-state index in [0.717, 1.165) is 15.0 Å². The molecule has 7 nitrogen and oxygen atoms in total. The van der Waals surface area contributed by atoms with E-state index in [9.17, 15) is 22.8 Å². The van der Waals surface area contributed by atoms with Crippen LogP contribution in [0, 0.1) is 6.92 Å². The zero-order valence-electron chi connectivity index (χ0n) is 17.5. The van der Waals surface area contributed by atoms with Crippen LogP contribution in [0.15, 0.2) is 73.6 Å². The van der Waals surface area contributed by atoms with Gasteiger partial charge in [-0.3, -0.25) is 13.9 Å². The molecule has 0 saturated heterocycles. The van der Waals surface area contributed by atoms with Crippen molar-refractivity contribution in [2.45, 2.75) is 24.5 Å². The molecule has 0 aliphatic heterocycles. The van der Waals surface area contributed by atoms with E-state index in [1.807, 2.05) is 37.4 Å². The molecule has 0 bridgehead atoms. The fraction of sp³-hybridized carbons (Fsp3) is 0.182. The second-order valence-corrected chi connectivity index (χ2v) is 8.03. The third-order valence-corrected chi connectivity index (χ3v) is 5.62. The second kappa shape index (κ2) is 8.74. The van der Waals surface area contributed by atoms with Gasteiger partial charge in [0, 0.05) is 11.0 Å². The number of hydrogen-bond donors (Lipinski definition) is 0. The van der Waals surface area contributed by atoms with Crippen molar-refractivity contribution in [2.75, 3.05) is 6.26 Å². The van der Waals surface area contributed by atoms with E-state index >= 15 is 0 Å². The summed E-state index contributed by atoms with van der Waals surface area (Å²) >= 11 is 1.53. The zero-order valence-corrected chi connectivity index (χ0v) is 18.3. The first-order chi connectivity index (χ1) is 15.7. The van der Waals surface area contributed by atoms with Crippen molar-refractivity contribution in [1.29, 1.82) is 0 Å². The summed E-state index contributed by atoms with van der Waals surface area (Å²) in [5.41, 5.74) is 1.03. The summed E-state index contributed by atoms with van der Waals surface area (Å²) < 4.78 is 44.7. The van der Waals surface area contributed by atoms with Crippen LogP contribution >= 0.6 is 11.8 Å². The smallest absolute Gasteiger partial charge is 0.329 e. The molecule has 0 spiro atoms. The molecular formula is C22H17F3N4O3S. The second-order valence-electron chi connectivity index (χ2n) is 7.15. The Morgan fingerprint density at radius 2 is 1.70 bits per heavy atom. The number of aryl methyl sites for hydroxylation is 1. The van der Waals surface area contributed by atoms with Gasteiger partial charge in [-0.05, 0) is 43.0 Å². The highest BCUT2D eigenvalue weighted by atomic mass is 32.2. The van der Waals surface area contributed by atoms with Gasteiger partial charge in [0.15, 0.2) is 5.82 Å². The average molecular weight is 474 g/mol. The molecule has 2 heterocycles.